The van der Waals surface area contributed by atoms with Gasteiger partial charge >= 0.3 is 0 Å². The van der Waals surface area contributed by atoms with E-state index >= 15 is 0 Å². The first kappa shape index (κ1) is 27.6. The van der Waals surface area contributed by atoms with Gasteiger partial charge in [0.1, 0.15) is 11.8 Å². The SMILES string of the molecule is COc1cc2c(c(OC)c1OC)-c1ccc(N[C@@H](C)C(=O)NCc3ccco3)c(=O)cc1[C@@H](NC(C)=O)CC2. The zero-order valence-corrected chi connectivity index (χ0v) is 22.7. The minimum absolute atomic E-state index is 0.210. The molecule has 2 atom stereocenters. The number of carbonyl (C=O) groups is 2. The van der Waals surface area contributed by atoms with Crippen LogP contribution in [-0.4, -0.2) is 39.2 Å². The Morgan fingerprint density at radius 2 is 1.85 bits per heavy atom. The van der Waals surface area contributed by atoms with Crippen LogP contribution in [0.1, 0.15) is 43.2 Å². The van der Waals surface area contributed by atoms with E-state index in [0.717, 1.165) is 11.1 Å². The van der Waals surface area contributed by atoms with Crippen LogP contribution in [-0.2, 0) is 22.6 Å². The van der Waals surface area contributed by atoms with E-state index in [9.17, 15) is 14.4 Å². The van der Waals surface area contributed by atoms with E-state index in [1.807, 2.05) is 6.07 Å². The Bertz CT molecular complexity index is 1420. The van der Waals surface area contributed by atoms with Crippen LogP contribution in [0.15, 0.2) is 51.9 Å². The standard InChI is InChI=1S/C29H33N3O7/c1-16(29(35)30-15-19-7-6-12-39-19)31-23-11-9-20-21(14-24(23)34)22(32-17(2)33)10-8-18-13-25(36-3)27(37-4)28(38-5)26(18)20/h6-7,9,11-14,16,22H,8,10,15H2,1-5H3,(H,30,35)(H,31,34)(H,32,33)/t16-,22-/m0/s1. The molecule has 0 saturated heterocycles. The smallest absolute Gasteiger partial charge is 0.242 e. The molecule has 1 heterocycles. The van der Waals surface area contributed by atoms with Crippen molar-refractivity contribution >= 4 is 17.5 Å². The Labute approximate surface area is 226 Å². The van der Waals surface area contributed by atoms with Gasteiger partial charge in [0.15, 0.2) is 11.5 Å². The number of anilines is 1. The Balaban J connectivity index is 1.78. The zero-order valence-electron chi connectivity index (χ0n) is 22.7. The van der Waals surface area contributed by atoms with E-state index in [1.54, 1.807) is 45.4 Å². The van der Waals surface area contributed by atoms with Gasteiger partial charge in [0.2, 0.25) is 23.0 Å². The number of hydrogen-bond donors (Lipinski definition) is 3. The number of carbonyl (C=O) groups excluding carboxylic acids is 2. The number of methoxy groups -OCH3 is 3. The molecular formula is C29H33N3O7. The van der Waals surface area contributed by atoms with E-state index in [0.29, 0.717) is 47.0 Å². The second kappa shape index (κ2) is 11.9. The fourth-order valence-electron chi connectivity index (χ4n) is 4.87. The van der Waals surface area contributed by atoms with Crippen molar-refractivity contribution in [2.75, 3.05) is 26.6 Å². The third-order valence-corrected chi connectivity index (χ3v) is 6.70. The Kier molecular flexibility index (Phi) is 8.43. The third-order valence-electron chi connectivity index (χ3n) is 6.70. The summed E-state index contributed by atoms with van der Waals surface area (Å²) in [5.74, 6) is 1.54. The minimum atomic E-state index is -0.702. The molecule has 3 aromatic rings. The highest BCUT2D eigenvalue weighted by Crippen LogP contribution is 2.50. The molecule has 1 aliphatic carbocycles. The summed E-state index contributed by atoms with van der Waals surface area (Å²) in [6, 6.07) is 9.24. The first-order valence-electron chi connectivity index (χ1n) is 12.6. The molecule has 0 aliphatic heterocycles. The van der Waals surface area contributed by atoms with Gasteiger partial charge in [0.25, 0.3) is 0 Å². The van der Waals surface area contributed by atoms with Crippen LogP contribution in [0.25, 0.3) is 11.1 Å². The largest absolute Gasteiger partial charge is 0.493 e. The molecule has 0 saturated carbocycles. The minimum Gasteiger partial charge on any atom is -0.493 e. The fourth-order valence-corrected chi connectivity index (χ4v) is 4.87. The van der Waals surface area contributed by atoms with Crippen molar-refractivity contribution in [3.05, 3.63) is 69.8 Å². The molecule has 0 fully saturated rings. The van der Waals surface area contributed by atoms with Gasteiger partial charge in [-0.05, 0) is 66.8 Å². The van der Waals surface area contributed by atoms with Gasteiger partial charge in [-0.15, -0.1) is 0 Å². The summed E-state index contributed by atoms with van der Waals surface area (Å²) in [7, 11) is 4.64. The number of amides is 2. The molecule has 3 N–H and O–H groups in total. The molecule has 0 unspecified atom stereocenters. The van der Waals surface area contributed by atoms with Gasteiger partial charge in [-0.25, -0.2) is 0 Å². The quantitative estimate of drug-likeness (QED) is 0.379. The van der Waals surface area contributed by atoms with Crippen molar-refractivity contribution < 1.29 is 28.2 Å². The maximum Gasteiger partial charge on any atom is 0.242 e. The molecule has 39 heavy (non-hydrogen) atoms. The average molecular weight is 536 g/mol. The molecule has 2 amide bonds. The van der Waals surface area contributed by atoms with E-state index in [4.69, 9.17) is 18.6 Å². The summed E-state index contributed by atoms with van der Waals surface area (Å²) in [6.07, 6.45) is 2.69. The van der Waals surface area contributed by atoms with Crippen LogP contribution in [0.3, 0.4) is 0 Å². The Morgan fingerprint density at radius 3 is 2.49 bits per heavy atom. The first-order chi connectivity index (χ1) is 18.8. The number of nitrogens with one attached hydrogen (secondary N) is 3. The Hall–Kier alpha value is -4.47. The number of aryl methyl sites for hydroxylation is 1. The van der Waals surface area contributed by atoms with Crippen LogP contribution < -0.4 is 35.6 Å². The van der Waals surface area contributed by atoms with Gasteiger partial charge < -0.3 is 34.6 Å². The van der Waals surface area contributed by atoms with Crippen LogP contribution >= 0.6 is 0 Å². The van der Waals surface area contributed by atoms with Crippen molar-refractivity contribution in [1.29, 1.82) is 0 Å². The molecule has 0 bridgehead atoms. The molecule has 1 aromatic heterocycles. The summed E-state index contributed by atoms with van der Waals surface area (Å²) in [6.45, 7) is 3.35. The van der Waals surface area contributed by atoms with E-state index < -0.39 is 12.1 Å². The highest BCUT2D eigenvalue weighted by Gasteiger charge is 2.29. The van der Waals surface area contributed by atoms with Crippen LogP contribution in [0.2, 0.25) is 0 Å². The molecule has 4 rings (SSSR count). The maximum absolute atomic E-state index is 13.4. The van der Waals surface area contributed by atoms with Crippen molar-refractivity contribution in [1.82, 2.24) is 10.6 Å². The Morgan fingerprint density at radius 1 is 1.08 bits per heavy atom. The van der Waals surface area contributed by atoms with Crippen LogP contribution in [0.5, 0.6) is 17.2 Å². The highest BCUT2D eigenvalue weighted by atomic mass is 16.5. The number of ether oxygens (including phenoxy) is 3. The molecule has 10 nitrogen and oxygen atoms in total. The average Bonchev–Trinajstić information content (AvgIpc) is 3.34. The zero-order chi connectivity index (χ0) is 28.1. The topological polar surface area (TPSA) is 128 Å². The lowest BCUT2D eigenvalue weighted by atomic mass is 9.95. The van der Waals surface area contributed by atoms with Crippen molar-refractivity contribution in [3.63, 3.8) is 0 Å². The van der Waals surface area contributed by atoms with E-state index in [-0.39, 0.29) is 29.5 Å². The number of fused-ring (bicyclic) bond motifs is 3. The molecule has 206 valence electrons. The summed E-state index contributed by atoms with van der Waals surface area (Å²) >= 11 is 0. The molecule has 1 aliphatic rings. The predicted molar refractivity (Wildman–Crippen MR) is 146 cm³/mol. The molecule has 2 aromatic carbocycles. The third kappa shape index (κ3) is 5.84. The monoisotopic (exact) mass is 535 g/mol. The van der Waals surface area contributed by atoms with Gasteiger partial charge in [0.05, 0.1) is 45.9 Å². The molecule has 10 heteroatoms. The van der Waals surface area contributed by atoms with Gasteiger partial charge in [-0.1, -0.05) is 6.07 Å². The van der Waals surface area contributed by atoms with Crippen LogP contribution in [0.4, 0.5) is 5.69 Å². The van der Waals surface area contributed by atoms with Crippen molar-refractivity contribution in [2.24, 2.45) is 0 Å². The predicted octanol–water partition coefficient (Wildman–Crippen LogP) is 3.57. The van der Waals surface area contributed by atoms with E-state index in [2.05, 4.69) is 16.0 Å². The number of rotatable bonds is 9. The van der Waals surface area contributed by atoms with Gasteiger partial charge in [-0.2, -0.15) is 0 Å². The normalized spacial score (nSPS) is 14.6. The lowest BCUT2D eigenvalue weighted by molar-refractivity contribution is -0.122. The summed E-state index contributed by atoms with van der Waals surface area (Å²) in [5.41, 5.74) is 2.95. The molecule has 0 radical (unpaired) electrons. The summed E-state index contributed by atoms with van der Waals surface area (Å²) in [5, 5.41) is 8.80. The lowest BCUT2D eigenvalue weighted by Crippen LogP contribution is -2.38. The lowest BCUT2D eigenvalue weighted by Gasteiger charge is -2.19. The summed E-state index contributed by atoms with van der Waals surface area (Å²) in [4.78, 5) is 38.2. The number of benzene rings is 1. The summed E-state index contributed by atoms with van der Waals surface area (Å²) < 4.78 is 22.2. The highest BCUT2D eigenvalue weighted by molar-refractivity contribution is 5.85. The second-order valence-corrected chi connectivity index (χ2v) is 9.26. The molecule has 0 spiro atoms. The second-order valence-electron chi connectivity index (χ2n) is 9.26. The first-order valence-corrected chi connectivity index (χ1v) is 12.6. The van der Waals surface area contributed by atoms with Crippen LogP contribution in [0, 0.1) is 0 Å². The number of furan rings is 1. The van der Waals surface area contributed by atoms with E-state index in [1.165, 1.54) is 26.4 Å². The van der Waals surface area contributed by atoms with Crippen molar-refractivity contribution in [3.8, 4) is 28.4 Å². The fraction of sp³-hybridized carbons (Fsp3) is 0.345. The maximum atomic E-state index is 13.4. The number of hydrogen-bond acceptors (Lipinski definition) is 8. The molecular weight excluding hydrogens is 502 g/mol. The van der Waals surface area contributed by atoms with Gasteiger partial charge in [0, 0.05) is 12.5 Å². The van der Waals surface area contributed by atoms with Crippen molar-refractivity contribution in [2.45, 2.75) is 45.3 Å². The van der Waals surface area contributed by atoms with Gasteiger partial charge in [-0.3, -0.25) is 14.4 Å².